The van der Waals surface area contributed by atoms with Crippen molar-refractivity contribution in [1.82, 2.24) is 4.98 Å². The number of nitrogens with zero attached hydrogens (tertiary/aromatic N) is 1. The zero-order valence-electron chi connectivity index (χ0n) is 15.7. The molecule has 0 aliphatic heterocycles. The molecule has 138 valence electrons. The van der Waals surface area contributed by atoms with Gasteiger partial charge in [0.2, 0.25) is 0 Å². The van der Waals surface area contributed by atoms with Crippen LogP contribution in [0.1, 0.15) is 35.7 Å². The highest BCUT2D eigenvalue weighted by molar-refractivity contribution is 6.04. The molecule has 5 heteroatoms. The molecule has 0 atom stereocenters. The van der Waals surface area contributed by atoms with Crippen LogP contribution in [0.4, 0.5) is 17.2 Å². The number of carbonyl (C=O) groups is 1. The molecule has 27 heavy (non-hydrogen) atoms. The lowest BCUT2D eigenvalue weighted by molar-refractivity contribution is 0.102. The Morgan fingerprint density at radius 3 is 2.56 bits per heavy atom. The maximum Gasteiger partial charge on any atom is 0.256 e. The van der Waals surface area contributed by atoms with Gasteiger partial charge in [-0.15, -0.1) is 0 Å². The molecule has 0 spiro atoms. The number of aromatic nitrogens is 1. The van der Waals surface area contributed by atoms with Crippen molar-refractivity contribution in [3.8, 4) is 5.75 Å². The van der Waals surface area contributed by atoms with E-state index in [9.17, 15) is 4.79 Å². The SMILES string of the molecule is COc1cccc(C(=O)Nc2ccc(Nc3ccccc3C(C)C)cn2)c1. The van der Waals surface area contributed by atoms with E-state index in [1.165, 1.54) is 5.56 Å². The number of para-hydroxylation sites is 1. The van der Waals surface area contributed by atoms with Crippen LogP contribution >= 0.6 is 0 Å². The van der Waals surface area contributed by atoms with Gasteiger partial charge in [-0.3, -0.25) is 4.79 Å². The Kier molecular flexibility index (Phi) is 5.71. The number of amides is 1. The van der Waals surface area contributed by atoms with E-state index in [0.29, 0.717) is 23.0 Å². The number of anilines is 3. The Labute approximate surface area is 159 Å². The molecule has 1 heterocycles. The van der Waals surface area contributed by atoms with Crippen LogP contribution in [0.25, 0.3) is 0 Å². The zero-order valence-corrected chi connectivity index (χ0v) is 15.7. The molecule has 0 saturated heterocycles. The van der Waals surface area contributed by atoms with Gasteiger partial charge in [-0.2, -0.15) is 0 Å². The first-order chi connectivity index (χ1) is 13.1. The molecule has 3 rings (SSSR count). The van der Waals surface area contributed by atoms with Gasteiger partial charge in [-0.05, 0) is 47.9 Å². The van der Waals surface area contributed by atoms with Gasteiger partial charge in [-0.1, -0.05) is 38.1 Å². The van der Waals surface area contributed by atoms with E-state index in [-0.39, 0.29) is 5.91 Å². The lowest BCUT2D eigenvalue weighted by Gasteiger charge is -2.14. The number of benzene rings is 2. The van der Waals surface area contributed by atoms with E-state index < -0.39 is 0 Å². The normalized spacial score (nSPS) is 10.5. The number of hydrogen-bond donors (Lipinski definition) is 2. The summed E-state index contributed by atoms with van der Waals surface area (Å²) in [4.78, 5) is 16.7. The maximum atomic E-state index is 12.4. The molecule has 0 unspecified atom stereocenters. The van der Waals surface area contributed by atoms with Crippen molar-refractivity contribution in [2.75, 3.05) is 17.7 Å². The maximum absolute atomic E-state index is 12.4. The van der Waals surface area contributed by atoms with Gasteiger partial charge >= 0.3 is 0 Å². The van der Waals surface area contributed by atoms with E-state index in [2.05, 4.69) is 35.5 Å². The molecule has 0 bridgehead atoms. The molecular weight excluding hydrogens is 338 g/mol. The molecule has 0 fully saturated rings. The van der Waals surface area contributed by atoms with Crippen molar-refractivity contribution < 1.29 is 9.53 Å². The summed E-state index contributed by atoms with van der Waals surface area (Å²) < 4.78 is 5.15. The van der Waals surface area contributed by atoms with E-state index >= 15 is 0 Å². The summed E-state index contributed by atoms with van der Waals surface area (Å²) in [7, 11) is 1.57. The fourth-order valence-corrected chi connectivity index (χ4v) is 2.76. The number of carbonyl (C=O) groups excluding carboxylic acids is 1. The number of rotatable bonds is 6. The largest absolute Gasteiger partial charge is 0.497 e. The molecule has 0 radical (unpaired) electrons. The quantitative estimate of drug-likeness (QED) is 0.633. The fourth-order valence-electron chi connectivity index (χ4n) is 2.76. The Hall–Kier alpha value is -3.34. The third-order valence-corrected chi connectivity index (χ3v) is 4.20. The topological polar surface area (TPSA) is 63.2 Å². The Morgan fingerprint density at radius 1 is 1.04 bits per heavy atom. The molecular formula is C22H23N3O2. The predicted molar refractivity (Wildman–Crippen MR) is 109 cm³/mol. The first-order valence-corrected chi connectivity index (χ1v) is 8.84. The van der Waals surface area contributed by atoms with Gasteiger partial charge < -0.3 is 15.4 Å². The van der Waals surface area contributed by atoms with Crippen LogP contribution in [0, 0.1) is 0 Å². The highest BCUT2D eigenvalue weighted by Gasteiger charge is 2.09. The van der Waals surface area contributed by atoms with Crippen LogP contribution in [0.5, 0.6) is 5.75 Å². The standard InChI is InChI=1S/C22H23N3O2/c1-15(2)19-9-4-5-10-20(19)24-17-11-12-21(23-14-17)25-22(26)16-7-6-8-18(13-16)27-3/h4-15,24H,1-3H3,(H,23,25,26). The molecule has 2 N–H and O–H groups in total. The van der Waals surface area contributed by atoms with Crippen molar-refractivity contribution in [2.24, 2.45) is 0 Å². The van der Waals surface area contributed by atoms with E-state index in [4.69, 9.17) is 4.74 Å². The van der Waals surface area contributed by atoms with Crippen molar-refractivity contribution in [1.29, 1.82) is 0 Å². The minimum Gasteiger partial charge on any atom is -0.497 e. The molecule has 0 saturated carbocycles. The van der Waals surface area contributed by atoms with Gasteiger partial charge in [-0.25, -0.2) is 4.98 Å². The molecule has 1 amide bonds. The van der Waals surface area contributed by atoms with Crippen LogP contribution in [-0.2, 0) is 0 Å². The third kappa shape index (κ3) is 4.64. The van der Waals surface area contributed by atoms with Crippen LogP contribution in [-0.4, -0.2) is 18.0 Å². The number of ether oxygens (including phenoxy) is 1. The van der Waals surface area contributed by atoms with Gasteiger partial charge in [0.15, 0.2) is 0 Å². The molecule has 2 aromatic carbocycles. The summed E-state index contributed by atoms with van der Waals surface area (Å²) in [5.41, 5.74) is 3.68. The second kappa shape index (κ2) is 8.36. The average Bonchev–Trinajstić information content (AvgIpc) is 2.69. The van der Waals surface area contributed by atoms with Gasteiger partial charge in [0, 0.05) is 11.3 Å². The summed E-state index contributed by atoms with van der Waals surface area (Å²) in [6.07, 6.45) is 1.71. The number of hydrogen-bond acceptors (Lipinski definition) is 4. The number of pyridine rings is 1. The Morgan fingerprint density at radius 2 is 1.85 bits per heavy atom. The second-order valence-corrected chi connectivity index (χ2v) is 6.49. The van der Waals surface area contributed by atoms with Gasteiger partial charge in [0.05, 0.1) is 19.0 Å². The van der Waals surface area contributed by atoms with Crippen LogP contribution in [0.2, 0.25) is 0 Å². The van der Waals surface area contributed by atoms with Crippen LogP contribution in [0.3, 0.4) is 0 Å². The summed E-state index contributed by atoms with van der Waals surface area (Å²) in [5, 5.41) is 6.19. The molecule has 0 aliphatic carbocycles. The zero-order chi connectivity index (χ0) is 19.2. The monoisotopic (exact) mass is 361 g/mol. The summed E-state index contributed by atoms with van der Waals surface area (Å²) >= 11 is 0. The van der Waals surface area contributed by atoms with Crippen LogP contribution < -0.4 is 15.4 Å². The van der Waals surface area contributed by atoms with Crippen molar-refractivity contribution in [2.45, 2.75) is 19.8 Å². The highest BCUT2D eigenvalue weighted by Crippen LogP contribution is 2.27. The fraction of sp³-hybridized carbons (Fsp3) is 0.182. The first-order valence-electron chi connectivity index (χ1n) is 8.84. The Bertz CT molecular complexity index is 921. The lowest BCUT2D eigenvalue weighted by atomic mass is 10.0. The van der Waals surface area contributed by atoms with E-state index in [1.807, 2.05) is 24.3 Å². The minimum absolute atomic E-state index is 0.229. The smallest absolute Gasteiger partial charge is 0.256 e. The molecule has 0 aliphatic rings. The molecule has 1 aromatic heterocycles. The first kappa shape index (κ1) is 18.5. The molecule has 3 aromatic rings. The summed E-state index contributed by atoms with van der Waals surface area (Å²) in [6.45, 7) is 4.33. The van der Waals surface area contributed by atoms with E-state index in [1.54, 1.807) is 43.6 Å². The molecule has 5 nitrogen and oxygen atoms in total. The third-order valence-electron chi connectivity index (χ3n) is 4.20. The Balaban J connectivity index is 1.69. The second-order valence-electron chi connectivity index (χ2n) is 6.49. The van der Waals surface area contributed by atoms with Crippen molar-refractivity contribution in [3.05, 3.63) is 78.0 Å². The van der Waals surface area contributed by atoms with Crippen molar-refractivity contribution in [3.63, 3.8) is 0 Å². The van der Waals surface area contributed by atoms with Crippen LogP contribution in [0.15, 0.2) is 66.9 Å². The highest BCUT2D eigenvalue weighted by atomic mass is 16.5. The summed E-state index contributed by atoms with van der Waals surface area (Å²) in [5.74, 6) is 1.32. The lowest BCUT2D eigenvalue weighted by Crippen LogP contribution is -2.13. The number of methoxy groups -OCH3 is 1. The van der Waals surface area contributed by atoms with Gasteiger partial charge in [0.25, 0.3) is 5.91 Å². The van der Waals surface area contributed by atoms with Gasteiger partial charge in [0.1, 0.15) is 11.6 Å². The summed E-state index contributed by atoms with van der Waals surface area (Å²) in [6, 6.07) is 18.9. The number of nitrogens with one attached hydrogen (secondary N) is 2. The van der Waals surface area contributed by atoms with Crippen molar-refractivity contribution >= 4 is 23.1 Å². The average molecular weight is 361 g/mol. The van der Waals surface area contributed by atoms with E-state index in [0.717, 1.165) is 11.4 Å². The minimum atomic E-state index is -0.229. The predicted octanol–water partition coefficient (Wildman–Crippen LogP) is 5.21.